The lowest BCUT2D eigenvalue weighted by molar-refractivity contribution is -0.132. The van der Waals surface area contributed by atoms with Gasteiger partial charge in [0.1, 0.15) is 5.75 Å². The Morgan fingerprint density at radius 1 is 1.23 bits per heavy atom. The second-order valence-electron chi connectivity index (χ2n) is 5.37. The Labute approximate surface area is 128 Å². The summed E-state index contributed by atoms with van der Waals surface area (Å²) in [4.78, 5) is 25.5. The first-order valence-electron chi connectivity index (χ1n) is 7.48. The van der Waals surface area contributed by atoms with Crippen LogP contribution in [-0.2, 0) is 17.8 Å². The first kappa shape index (κ1) is 14.4. The lowest BCUT2D eigenvalue weighted by Crippen LogP contribution is -2.37. The van der Waals surface area contributed by atoms with E-state index in [1.165, 1.54) is 0 Å². The number of benzene rings is 1. The van der Waals surface area contributed by atoms with Crippen molar-refractivity contribution in [3.63, 3.8) is 0 Å². The van der Waals surface area contributed by atoms with Crippen molar-refractivity contribution in [3.8, 4) is 5.75 Å². The number of hydrogen-bond acceptors (Lipinski definition) is 3. The molecule has 0 aliphatic carbocycles. The number of nitrogens with one attached hydrogen (secondary N) is 2. The van der Waals surface area contributed by atoms with Gasteiger partial charge < -0.3 is 14.7 Å². The van der Waals surface area contributed by atoms with E-state index in [0.29, 0.717) is 44.5 Å². The maximum Gasteiger partial charge on any atom is 0.269 e. The molecule has 1 aromatic carbocycles. The highest BCUT2D eigenvalue weighted by Gasteiger charge is 2.23. The van der Waals surface area contributed by atoms with Crippen LogP contribution in [0.2, 0.25) is 0 Å². The SMILES string of the molecule is O=C(CCCOc1ccccc1)N1CCc2[nH][nH]c(=O)c2C1. The molecule has 0 bridgehead atoms. The zero-order chi connectivity index (χ0) is 15.4. The average molecular weight is 301 g/mol. The molecule has 0 atom stereocenters. The summed E-state index contributed by atoms with van der Waals surface area (Å²) in [5.74, 6) is 0.888. The Morgan fingerprint density at radius 2 is 2.05 bits per heavy atom. The summed E-state index contributed by atoms with van der Waals surface area (Å²) in [5.41, 5.74) is 1.47. The van der Waals surface area contributed by atoms with Crippen LogP contribution in [0.25, 0.3) is 0 Å². The van der Waals surface area contributed by atoms with Gasteiger partial charge >= 0.3 is 0 Å². The van der Waals surface area contributed by atoms with E-state index in [0.717, 1.165) is 11.4 Å². The molecule has 0 fully saturated rings. The quantitative estimate of drug-likeness (QED) is 0.820. The topological polar surface area (TPSA) is 78.2 Å². The van der Waals surface area contributed by atoms with Gasteiger partial charge in [0, 0.05) is 25.1 Å². The predicted molar refractivity (Wildman–Crippen MR) is 81.7 cm³/mol. The number of fused-ring (bicyclic) bond motifs is 1. The summed E-state index contributed by atoms with van der Waals surface area (Å²) >= 11 is 0. The van der Waals surface area contributed by atoms with Gasteiger partial charge in [-0.15, -0.1) is 0 Å². The summed E-state index contributed by atoms with van der Waals surface area (Å²) in [6.45, 7) is 1.56. The minimum Gasteiger partial charge on any atom is -0.494 e. The van der Waals surface area contributed by atoms with Gasteiger partial charge in [-0.05, 0) is 18.6 Å². The number of nitrogens with zero attached hydrogens (tertiary/aromatic N) is 1. The molecule has 6 nitrogen and oxygen atoms in total. The molecule has 0 spiro atoms. The molecule has 0 radical (unpaired) electrons. The molecular weight excluding hydrogens is 282 g/mol. The number of carbonyl (C=O) groups is 1. The molecule has 0 saturated heterocycles. The van der Waals surface area contributed by atoms with E-state index < -0.39 is 0 Å². The van der Waals surface area contributed by atoms with Gasteiger partial charge in [-0.25, -0.2) is 0 Å². The molecular formula is C16H19N3O3. The number of hydrogen-bond donors (Lipinski definition) is 2. The number of H-pyrrole nitrogens is 2. The minimum absolute atomic E-state index is 0.0721. The highest BCUT2D eigenvalue weighted by molar-refractivity contribution is 5.76. The molecule has 2 N–H and O–H groups in total. The van der Waals surface area contributed by atoms with Crippen LogP contribution in [0, 0.1) is 0 Å². The first-order valence-corrected chi connectivity index (χ1v) is 7.48. The van der Waals surface area contributed by atoms with Crippen LogP contribution in [0.1, 0.15) is 24.1 Å². The molecule has 0 unspecified atom stereocenters. The predicted octanol–water partition coefficient (Wildman–Crippen LogP) is 1.45. The third-order valence-corrected chi connectivity index (χ3v) is 3.85. The summed E-state index contributed by atoms with van der Waals surface area (Å²) in [6.07, 6.45) is 1.80. The Morgan fingerprint density at radius 3 is 2.86 bits per heavy atom. The van der Waals surface area contributed by atoms with E-state index in [-0.39, 0.29) is 11.5 Å². The Kier molecular flexibility index (Phi) is 4.27. The number of ether oxygens (including phenoxy) is 1. The average Bonchev–Trinajstić information content (AvgIpc) is 2.93. The fourth-order valence-electron chi connectivity index (χ4n) is 2.62. The number of carbonyl (C=O) groups excluding carboxylic acids is 1. The van der Waals surface area contributed by atoms with Crippen LogP contribution in [0.4, 0.5) is 0 Å². The van der Waals surface area contributed by atoms with Crippen molar-refractivity contribution in [2.45, 2.75) is 25.8 Å². The van der Waals surface area contributed by atoms with Gasteiger partial charge in [0.25, 0.3) is 5.56 Å². The summed E-state index contributed by atoms with van der Waals surface area (Å²) < 4.78 is 5.58. The molecule has 0 saturated carbocycles. The molecule has 22 heavy (non-hydrogen) atoms. The standard InChI is InChI=1S/C16H19N3O3/c20-15(7-4-10-22-12-5-2-1-3-6-12)19-9-8-14-13(11-19)16(21)18-17-14/h1-3,5-6H,4,7-11H2,(H2,17,18,21). The second kappa shape index (κ2) is 6.51. The zero-order valence-corrected chi connectivity index (χ0v) is 12.3. The Bertz CT molecular complexity index is 690. The summed E-state index contributed by atoms with van der Waals surface area (Å²) in [7, 11) is 0. The summed E-state index contributed by atoms with van der Waals surface area (Å²) in [6, 6.07) is 9.56. The lowest BCUT2D eigenvalue weighted by Gasteiger charge is -2.26. The summed E-state index contributed by atoms with van der Waals surface area (Å²) in [5, 5.41) is 5.43. The Balaban J connectivity index is 1.45. The van der Waals surface area contributed by atoms with E-state index >= 15 is 0 Å². The third-order valence-electron chi connectivity index (χ3n) is 3.85. The highest BCUT2D eigenvalue weighted by Crippen LogP contribution is 2.15. The van der Waals surface area contributed by atoms with Crippen molar-refractivity contribution in [2.75, 3.05) is 13.2 Å². The van der Waals surface area contributed by atoms with Crippen LogP contribution in [0.5, 0.6) is 5.75 Å². The highest BCUT2D eigenvalue weighted by atomic mass is 16.5. The fourth-order valence-corrected chi connectivity index (χ4v) is 2.62. The lowest BCUT2D eigenvalue weighted by atomic mass is 10.1. The number of amides is 1. The Hall–Kier alpha value is -2.50. The maximum absolute atomic E-state index is 12.2. The molecule has 2 heterocycles. The van der Waals surface area contributed by atoms with Crippen LogP contribution in [0.15, 0.2) is 35.1 Å². The van der Waals surface area contributed by atoms with Gasteiger partial charge in [-0.2, -0.15) is 0 Å². The molecule has 1 aromatic heterocycles. The van der Waals surface area contributed by atoms with E-state index in [1.807, 2.05) is 30.3 Å². The van der Waals surface area contributed by atoms with Crippen molar-refractivity contribution in [2.24, 2.45) is 0 Å². The van der Waals surface area contributed by atoms with Crippen molar-refractivity contribution in [1.29, 1.82) is 0 Å². The normalized spacial score (nSPS) is 13.7. The van der Waals surface area contributed by atoms with E-state index in [4.69, 9.17) is 4.74 Å². The number of aromatic amines is 2. The monoisotopic (exact) mass is 301 g/mol. The van der Waals surface area contributed by atoms with Crippen LogP contribution < -0.4 is 10.3 Å². The van der Waals surface area contributed by atoms with E-state index in [9.17, 15) is 9.59 Å². The maximum atomic E-state index is 12.2. The van der Waals surface area contributed by atoms with Gasteiger partial charge in [-0.3, -0.25) is 14.7 Å². The smallest absolute Gasteiger partial charge is 0.269 e. The van der Waals surface area contributed by atoms with Crippen molar-refractivity contribution in [3.05, 3.63) is 51.9 Å². The van der Waals surface area contributed by atoms with E-state index in [2.05, 4.69) is 10.2 Å². The van der Waals surface area contributed by atoms with Crippen LogP contribution in [-0.4, -0.2) is 34.2 Å². The molecule has 3 rings (SSSR count). The minimum atomic E-state index is -0.125. The van der Waals surface area contributed by atoms with E-state index in [1.54, 1.807) is 4.90 Å². The second-order valence-corrected chi connectivity index (χ2v) is 5.37. The number of rotatable bonds is 5. The molecule has 2 aromatic rings. The first-order chi connectivity index (χ1) is 10.7. The molecule has 6 heteroatoms. The largest absolute Gasteiger partial charge is 0.494 e. The zero-order valence-electron chi connectivity index (χ0n) is 12.3. The molecule has 1 amide bonds. The van der Waals surface area contributed by atoms with Gasteiger partial charge in [-0.1, -0.05) is 18.2 Å². The third kappa shape index (κ3) is 3.21. The van der Waals surface area contributed by atoms with Crippen LogP contribution in [0.3, 0.4) is 0 Å². The molecule has 1 aliphatic heterocycles. The van der Waals surface area contributed by atoms with Crippen molar-refractivity contribution >= 4 is 5.91 Å². The molecule has 1 aliphatic rings. The van der Waals surface area contributed by atoms with Crippen molar-refractivity contribution < 1.29 is 9.53 Å². The van der Waals surface area contributed by atoms with Gasteiger partial charge in [0.05, 0.1) is 18.7 Å². The fraction of sp³-hybridized carbons (Fsp3) is 0.375. The van der Waals surface area contributed by atoms with Gasteiger partial charge in [0.15, 0.2) is 0 Å². The van der Waals surface area contributed by atoms with Crippen molar-refractivity contribution in [1.82, 2.24) is 15.1 Å². The molecule has 116 valence electrons. The van der Waals surface area contributed by atoms with Gasteiger partial charge in [0.2, 0.25) is 5.91 Å². The number of aromatic nitrogens is 2. The van der Waals surface area contributed by atoms with Crippen LogP contribution >= 0.6 is 0 Å². The number of para-hydroxylation sites is 1.